The molecule has 0 radical (unpaired) electrons. The molecule has 12 heteroatoms. The molecule has 0 saturated carbocycles. The van der Waals surface area contributed by atoms with E-state index >= 15 is 0 Å². The summed E-state index contributed by atoms with van der Waals surface area (Å²) in [6, 6.07) is 17.1. The Morgan fingerprint density at radius 1 is 1.14 bits per heavy atom. The summed E-state index contributed by atoms with van der Waals surface area (Å²) in [4.78, 5) is 29.9. The average Bonchev–Trinajstić information content (AvgIpc) is 2.99. The van der Waals surface area contributed by atoms with Crippen molar-refractivity contribution >= 4 is 33.3 Å². The van der Waals surface area contributed by atoms with E-state index in [1.807, 2.05) is 13.8 Å². The summed E-state index contributed by atoms with van der Waals surface area (Å²) in [6.45, 7) is 5.59. The SMILES string of the molecule is COc1ccc(NC(=O)N(C)C[C@@H]2Oc3c(NS(=O)(=O)c4ccc(C)cc4)cccc3C(=O)N([C@@H](C)CO)C[C@H]2C)cc1. The van der Waals surface area contributed by atoms with Crippen molar-refractivity contribution in [3.05, 3.63) is 77.9 Å². The molecular formula is C31H38N4O7S. The zero-order chi connectivity index (χ0) is 31.3. The van der Waals surface area contributed by atoms with Crippen LogP contribution in [-0.2, 0) is 10.0 Å². The van der Waals surface area contributed by atoms with Gasteiger partial charge in [-0.1, -0.05) is 30.7 Å². The number of methoxy groups -OCH3 is 1. The highest BCUT2D eigenvalue weighted by molar-refractivity contribution is 7.92. The molecular weight excluding hydrogens is 572 g/mol. The Balaban J connectivity index is 1.66. The van der Waals surface area contributed by atoms with E-state index in [4.69, 9.17) is 9.47 Å². The van der Waals surface area contributed by atoms with Crippen LogP contribution in [0.4, 0.5) is 16.2 Å². The molecule has 230 valence electrons. The van der Waals surface area contributed by atoms with Gasteiger partial charge in [0.1, 0.15) is 11.9 Å². The number of hydrogen-bond acceptors (Lipinski definition) is 7. The highest BCUT2D eigenvalue weighted by Gasteiger charge is 2.35. The minimum atomic E-state index is -4.02. The third kappa shape index (κ3) is 7.38. The smallest absolute Gasteiger partial charge is 0.321 e. The van der Waals surface area contributed by atoms with Gasteiger partial charge in [0.05, 0.1) is 42.4 Å². The molecule has 3 aromatic rings. The number of anilines is 2. The second-order valence-electron chi connectivity index (χ2n) is 10.8. The Kier molecular flexibility index (Phi) is 9.82. The molecule has 0 bridgehead atoms. The first-order chi connectivity index (χ1) is 20.4. The number of nitrogens with one attached hydrogen (secondary N) is 2. The zero-order valence-corrected chi connectivity index (χ0v) is 25.7. The Morgan fingerprint density at radius 3 is 2.44 bits per heavy atom. The highest BCUT2D eigenvalue weighted by atomic mass is 32.2. The molecule has 1 aliphatic heterocycles. The van der Waals surface area contributed by atoms with Crippen molar-refractivity contribution in [3.8, 4) is 11.5 Å². The van der Waals surface area contributed by atoms with Crippen LogP contribution in [0.3, 0.4) is 0 Å². The van der Waals surface area contributed by atoms with Gasteiger partial charge in [0, 0.05) is 25.2 Å². The van der Waals surface area contributed by atoms with Gasteiger partial charge >= 0.3 is 6.03 Å². The third-order valence-corrected chi connectivity index (χ3v) is 8.79. The summed E-state index contributed by atoms with van der Waals surface area (Å²) in [5.74, 6) is 0.0126. The number of hydrogen-bond donors (Lipinski definition) is 3. The van der Waals surface area contributed by atoms with Crippen LogP contribution in [0.5, 0.6) is 11.5 Å². The number of sulfonamides is 1. The molecule has 0 spiro atoms. The summed E-state index contributed by atoms with van der Waals surface area (Å²) >= 11 is 0. The van der Waals surface area contributed by atoms with Crippen molar-refractivity contribution < 1.29 is 32.6 Å². The average molecular weight is 611 g/mol. The number of aryl methyl sites for hydroxylation is 1. The van der Waals surface area contributed by atoms with Gasteiger partial charge in [-0.05, 0) is 62.4 Å². The third-order valence-electron chi connectivity index (χ3n) is 7.41. The maximum Gasteiger partial charge on any atom is 0.321 e. The van der Waals surface area contributed by atoms with Crippen molar-refractivity contribution in [2.45, 2.75) is 37.8 Å². The van der Waals surface area contributed by atoms with E-state index in [1.165, 1.54) is 23.1 Å². The number of rotatable bonds is 9. The molecule has 11 nitrogen and oxygen atoms in total. The van der Waals surface area contributed by atoms with Crippen molar-refractivity contribution in [1.29, 1.82) is 0 Å². The molecule has 43 heavy (non-hydrogen) atoms. The van der Waals surface area contributed by atoms with Gasteiger partial charge in [0.15, 0.2) is 5.75 Å². The molecule has 0 aliphatic carbocycles. The van der Waals surface area contributed by atoms with Gasteiger partial charge in [-0.15, -0.1) is 0 Å². The number of nitrogens with zero attached hydrogens (tertiary/aromatic N) is 2. The Hall–Kier alpha value is -4.29. The van der Waals surface area contributed by atoms with Gasteiger partial charge in [0.2, 0.25) is 0 Å². The maximum atomic E-state index is 13.7. The fourth-order valence-electron chi connectivity index (χ4n) is 4.71. The summed E-state index contributed by atoms with van der Waals surface area (Å²) in [6.07, 6.45) is -0.642. The first kappa shape index (κ1) is 31.6. The Morgan fingerprint density at radius 2 is 1.81 bits per heavy atom. The molecule has 0 saturated heterocycles. The molecule has 4 rings (SSSR count). The fraction of sp³-hybridized carbons (Fsp3) is 0.355. The number of aliphatic hydroxyl groups excluding tert-OH is 1. The van der Waals surface area contributed by atoms with Gasteiger partial charge < -0.3 is 29.7 Å². The van der Waals surface area contributed by atoms with Crippen LogP contribution < -0.4 is 19.5 Å². The van der Waals surface area contributed by atoms with E-state index in [0.717, 1.165) is 5.56 Å². The van der Waals surface area contributed by atoms with E-state index in [1.54, 1.807) is 74.5 Å². The number of para-hydroxylation sites is 1. The first-order valence-electron chi connectivity index (χ1n) is 13.9. The number of fused-ring (bicyclic) bond motifs is 1. The molecule has 1 heterocycles. The van der Waals surface area contributed by atoms with Gasteiger partial charge in [-0.3, -0.25) is 9.52 Å². The number of likely N-dealkylation sites (N-methyl/N-ethyl adjacent to an activating group) is 1. The molecule has 1 aliphatic rings. The van der Waals surface area contributed by atoms with E-state index in [0.29, 0.717) is 11.4 Å². The van der Waals surface area contributed by atoms with E-state index in [-0.39, 0.29) is 53.5 Å². The number of carbonyl (C=O) groups is 2. The van der Waals surface area contributed by atoms with Crippen LogP contribution in [0.2, 0.25) is 0 Å². The molecule has 0 unspecified atom stereocenters. The Labute approximate surface area is 252 Å². The monoisotopic (exact) mass is 610 g/mol. The summed E-state index contributed by atoms with van der Waals surface area (Å²) in [7, 11) is -0.837. The van der Waals surface area contributed by atoms with Gasteiger partial charge in [0.25, 0.3) is 15.9 Å². The van der Waals surface area contributed by atoms with E-state index < -0.39 is 28.1 Å². The number of ether oxygens (including phenoxy) is 2. The molecule has 0 aromatic heterocycles. The standard InChI is InChI=1S/C31H38N4O7S/c1-20-9-15-25(16-10-20)43(39,40)33-27-8-6-7-26-29(27)42-28(21(2)17-35(30(26)37)22(3)19-36)18-34(4)31(38)32-23-11-13-24(41-5)14-12-23/h6-16,21-22,28,33,36H,17-19H2,1-5H3,(H,32,38)/t21-,22+,28+/m1/s1. The van der Waals surface area contributed by atoms with Crippen LogP contribution in [-0.4, -0.2) is 81.3 Å². The van der Waals surface area contributed by atoms with E-state index in [9.17, 15) is 23.1 Å². The quantitative estimate of drug-likeness (QED) is 0.330. The van der Waals surface area contributed by atoms with Crippen molar-refractivity contribution in [3.63, 3.8) is 0 Å². The van der Waals surface area contributed by atoms with Crippen LogP contribution in [0.1, 0.15) is 29.8 Å². The maximum absolute atomic E-state index is 13.7. The lowest BCUT2D eigenvalue weighted by atomic mass is 9.99. The minimum absolute atomic E-state index is 0.0545. The van der Waals surface area contributed by atoms with Gasteiger partial charge in [-0.25, -0.2) is 13.2 Å². The molecule has 3 N–H and O–H groups in total. The number of amides is 3. The largest absolute Gasteiger partial charge is 0.497 e. The van der Waals surface area contributed by atoms with Crippen LogP contribution in [0.15, 0.2) is 71.6 Å². The number of urea groups is 1. The van der Waals surface area contributed by atoms with Crippen molar-refractivity contribution in [1.82, 2.24) is 9.80 Å². The number of carbonyl (C=O) groups excluding carboxylic acids is 2. The molecule has 0 fully saturated rings. The highest BCUT2D eigenvalue weighted by Crippen LogP contribution is 2.36. The van der Waals surface area contributed by atoms with Crippen molar-refractivity contribution in [2.75, 3.05) is 43.9 Å². The Bertz CT molecular complexity index is 1550. The molecule has 3 amide bonds. The second-order valence-corrected chi connectivity index (χ2v) is 12.4. The predicted molar refractivity (Wildman–Crippen MR) is 164 cm³/mol. The van der Waals surface area contributed by atoms with Crippen LogP contribution in [0.25, 0.3) is 0 Å². The number of benzene rings is 3. The lowest BCUT2D eigenvalue weighted by Gasteiger charge is -2.38. The normalized spacial score (nSPS) is 17.5. The van der Waals surface area contributed by atoms with Crippen molar-refractivity contribution in [2.24, 2.45) is 5.92 Å². The second kappa shape index (κ2) is 13.3. The lowest BCUT2D eigenvalue weighted by Crippen LogP contribution is -2.50. The zero-order valence-electron chi connectivity index (χ0n) is 24.9. The topological polar surface area (TPSA) is 138 Å². The number of aliphatic hydroxyl groups is 1. The predicted octanol–water partition coefficient (Wildman–Crippen LogP) is 4.19. The lowest BCUT2D eigenvalue weighted by molar-refractivity contribution is 0.0373. The molecule has 3 atom stereocenters. The van der Waals surface area contributed by atoms with E-state index in [2.05, 4.69) is 10.0 Å². The minimum Gasteiger partial charge on any atom is -0.497 e. The molecule has 3 aromatic carbocycles. The fourth-order valence-corrected chi connectivity index (χ4v) is 5.77. The van der Waals surface area contributed by atoms with Gasteiger partial charge in [-0.2, -0.15) is 0 Å². The summed E-state index contributed by atoms with van der Waals surface area (Å²) in [5.41, 5.74) is 1.72. The van der Waals surface area contributed by atoms with Crippen LogP contribution in [0, 0.1) is 12.8 Å². The summed E-state index contributed by atoms with van der Waals surface area (Å²) in [5, 5.41) is 12.8. The first-order valence-corrected chi connectivity index (χ1v) is 15.4. The summed E-state index contributed by atoms with van der Waals surface area (Å²) < 4.78 is 40.8. The van der Waals surface area contributed by atoms with Crippen LogP contribution >= 0.6 is 0 Å².